The van der Waals surface area contributed by atoms with Crippen LogP contribution in [0.3, 0.4) is 0 Å². The molecule has 7 heteroatoms. The fraction of sp³-hybridized carbons (Fsp3) is 0. The molecule has 21 heavy (non-hydrogen) atoms. The summed E-state index contributed by atoms with van der Waals surface area (Å²) in [6.45, 7) is 0. The molecule has 0 radical (unpaired) electrons. The number of nitrogens with zero attached hydrogens (tertiary/aromatic N) is 2. The van der Waals surface area contributed by atoms with Crippen molar-refractivity contribution < 1.29 is 8.42 Å². The summed E-state index contributed by atoms with van der Waals surface area (Å²) in [6, 6.07) is 13.9. The van der Waals surface area contributed by atoms with E-state index in [1.165, 1.54) is 30.3 Å². The Bertz CT molecular complexity index is 877. The SMILES string of the molecule is N#Cc1ccc(S(=O)(=O)Nc2ccccc2C#N)c(N)c1. The highest BCUT2D eigenvalue weighted by Crippen LogP contribution is 2.24. The standard InChI is InChI=1S/C14H10N4O2S/c15-8-10-5-6-14(12(17)7-10)21(19,20)18-13-4-2-1-3-11(13)9-16/h1-7,18H,17H2. The van der Waals surface area contributed by atoms with E-state index < -0.39 is 10.0 Å². The Hall–Kier alpha value is -3.03. The number of nitriles is 2. The number of hydrogen-bond acceptors (Lipinski definition) is 5. The van der Waals surface area contributed by atoms with Crippen LogP contribution in [0, 0.1) is 22.7 Å². The third-order valence-electron chi connectivity index (χ3n) is 2.72. The Morgan fingerprint density at radius 2 is 1.76 bits per heavy atom. The zero-order valence-corrected chi connectivity index (χ0v) is 11.6. The Kier molecular flexibility index (Phi) is 3.79. The maximum Gasteiger partial charge on any atom is 0.263 e. The third-order valence-corrected chi connectivity index (χ3v) is 4.16. The number of rotatable bonds is 3. The van der Waals surface area contributed by atoms with Crippen molar-refractivity contribution >= 4 is 21.4 Å². The number of hydrogen-bond donors (Lipinski definition) is 2. The zero-order valence-electron chi connectivity index (χ0n) is 10.7. The van der Waals surface area contributed by atoms with Crippen LogP contribution in [0.25, 0.3) is 0 Å². The van der Waals surface area contributed by atoms with Crippen LogP contribution in [0.5, 0.6) is 0 Å². The Balaban J connectivity index is 2.45. The van der Waals surface area contributed by atoms with Crippen LogP contribution in [0.2, 0.25) is 0 Å². The first-order valence-corrected chi connectivity index (χ1v) is 7.28. The van der Waals surface area contributed by atoms with Crippen molar-refractivity contribution in [3.05, 3.63) is 53.6 Å². The van der Waals surface area contributed by atoms with Gasteiger partial charge >= 0.3 is 0 Å². The van der Waals surface area contributed by atoms with Crippen molar-refractivity contribution in [1.82, 2.24) is 0 Å². The summed E-state index contributed by atoms with van der Waals surface area (Å²) in [4.78, 5) is -0.144. The number of anilines is 2. The maximum absolute atomic E-state index is 12.3. The molecule has 0 saturated carbocycles. The van der Waals surface area contributed by atoms with Crippen LogP contribution < -0.4 is 10.5 Å². The number of sulfonamides is 1. The molecule has 2 aromatic carbocycles. The Morgan fingerprint density at radius 1 is 1.05 bits per heavy atom. The molecule has 0 fully saturated rings. The van der Waals surface area contributed by atoms with Gasteiger partial charge in [0.05, 0.1) is 28.6 Å². The van der Waals surface area contributed by atoms with E-state index in [4.69, 9.17) is 16.3 Å². The van der Waals surface area contributed by atoms with Gasteiger partial charge in [-0.05, 0) is 30.3 Å². The van der Waals surface area contributed by atoms with Gasteiger partial charge in [-0.2, -0.15) is 10.5 Å². The van der Waals surface area contributed by atoms with Crippen LogP contribution >= 0.6 is 0 Å². The quantitative estimate of drug-likeness (QED) is 0.837. The molecule has 3 N–H and O–H groups in total. The van der Waals surface area contributed by atoms with Gasteiger partial charge < -0.3 is 5.73 Å². The normalized spacial score (nSPS) is 10.4. The molecule has 0 aromatic heterocycles. The van der Waals surface area contributed by atoms with Gasteiger partial charge in [-0.25, -0.2) is 8.42 Å². The molecule has 2 aromatic rings. The second-order valence-corrected chi connectivity index (χ2v) is 5.78. The molecule has 0 aliphatic carbocycles. The highest BCUT2D eigenvalue weighted by molar-refractivity contribution is 7.92. The van der Waals surface area contributed by atoms with Crippen LogP contribution in [0.1, 0.15) is 11.1 Å². The molecule has 6 nitrogen and oxygen atoms in total. The number of nitrogen functional groups attached to an aromatic ring is 1. The van der Waals surface area contributed by atoms with Gasteiger partial charge in [-0.3, -0.25) is 4.72 Å². The molecule has 0 saturated heterocycles. The van der Waals surface area contributed by atoms with E-state index in [1.54, 1.807) is 12.1 Å². The molecule has 0 spiro atoms. The van der Waals surface area contributed by atoms with Gasteiger partial charge in [0.1, 0.15) is 11.0 Å². The molecule has 104 valence electrons. The van der Waals surface area contributed by atoms with Crippen LogP contribution in [0.15, 0.2) is 47.4 Å². The molecule has 0 amide bonds. The van der Waals surface area contributed by atoms with Crippen molar-refractivity contribution in [1.29, 1.82) is 10.5 Å². The summed E-state index contributed by atoms with van der Waals surface area (Å²) >= 11 is 0. The maximum atomic E-state index is 12.3. The lowest BCUT2D eigenvalue weighted by molar-refractivity contribution is 0.601. The van der Waals surface area contributed by atoms with Gasteiger partial charge in [0.2, 0.25) is 0 Å². The average Bonchev–Trinajstić information content (AvgIpc) is 2.47. The van der Waals surface area contributed by atoms with E-state index in [-0.39, 0.29) is 27.4 Å². The van der Waals surface area contributed by atoms with E-state index >= 15 is 0 Å². The molecule has 0 bridgehead atoms. The molecule has 0 aliphatic heterocycles. The van der Waals surface area contributed by atoms with Gasteiger partial charge in [0.15, 0.2) is 0 Å². The molecule has 0 heterocycles. The summed E-state index contributed by atoms with van der Waals surface area (Å²) in [5, 5.41) is 17.7. The molecular weight excluding hydrogens is 288 g/mol. The molecule has 0 unspecified atom stereocenters. The first-order chi connectivity index (χ1) is 9.97. The third kappa shape index (κ3) is 2.94. The summed E-state index contributed by atoms with van der Waals surface area (Å²) in [5.74, 6) is 0. The van der Waals surface area contributed by atoms with Gasteiger partial charge in [-0.15, -0.1) is 0 Å². The minimum absolute atomic E-state index is 0.0315. The summed E-state index contributed by atoms with van der Waals surface area (Å²) in [7, 11) is -3.94. The van der Waals surface area contributed by atoms with Gasteiger partial charge in [0, 0.05) is 0 Å². The van der Waals surface area contributed by atoms with Crippen LogP contribution in [0.4, 0.5) is 11.4 Å². The zero-order chi connectivity index (χ0) is 15.5. The van der Waals surface area contributed by atoms with Crippen molar-refractivity contribution in [2.45, 2.75) is 4.90 Å². The lowest BCUT2D eigenvalue weighted by atomic mass is 10.2. The van der Waals surface area contributed by atoms with Crippen molar-refractivity contribution in [3.8, 4) is 12.1 Å². The van der Waals surface area contributed by atoms with E-state index in [1.807, 2.05) is 12.1 Å². The van der Waals surface area contributed by atoms with Crippen molar-refractivity contribution in [2.24, 2.45) is 0 Å². The summed E-state index contributed by atoms with van der Waals surface area (Å²) < 4.78 is 26.9. The molecule has 0 aliphatic rings. The Labute approximate surface area is 122 Å². The average molecular weight is 298 g/mol. The topological polar surface area (TPSA) is 120 Å². The second-order valence-electron chi connectivity index (χ2n) is 4.13. The molecule has 2 rings (SSSR count). The van der Waals surface area contributed by atoms with E-state index in [0.29, 0.717) is 0 Å². The van der Waals surface area contributed by atoms with Crippen LogP contribution in [-0.4, -0.2) is 8.42 Å². The monoisotopic (exact) mass is 298 g/mol. The highest BCUT2D eigenvalue weighted by Gasteiger charge is 2.19. The minimum Gasteiger partial charge on any atom is -0.398 e. The van der Waals surface area contributed by atoms with Gasteiger partial charge in [-0.1, -0.05) is 12.1 Å². The minimum atomic E-state index is -3.94. The number of benzene rings is 2. The predicted molar refractivity (Wildman–Crippen MR) is 77.5 cm³/mol. The number of nitrogens with two attached hydrogens (primary N) is 1. The number of nitrogens with one attached hydrogen (secondary N) is 1. The fourth-order valence-corrected chi connectivity index (χ4v) is 2.93. The largest absolute Gasteiger partial charge is 0.398 e. The first-order valence-electron chi connectivity index (χ1n) is 5.79. The lowest BCUT2D eigenvalue weighted by Crippen LogP contribution is -2.15. The van der Waals surface area contributed by atoms with E-state index in [9.17, 15) is 8.42 Å². The predicted octanol–water partition coefficient (Wildman–Crippen LogP) is 1.81. The first kappa shape index (κ1) is 14.4. The van der Waals surface area contributed by atoms with Crippen molar-refractivity contribution in [2.75, 3.05) is 10.5 Å². The number of para-hydroxylation sites is 1. The summed E-state index contributed by atoms with van der Waals surface area (Å²) in [5.41, 5.74) is 6.28. The highest BCUT2D eigenvalue weighted by atomic mass is 32.2. The smallest absolute Gasteiger partial charge is 0.263 e. The molecule has 0 atom stereocenters. The summed E-state index contributed by atoms with van der Waals surface area (Å²) in [6.07, 6.45) is 0. The Morgan fingerprint density at radius 3 is 2.38 bits per heavy atom. The second kappa shape index (κ2) is 5.53. The lowest BCUT2D eigenvalue weighted by Gasteiger charge is -2.11. The van der Waals surface area contributed by atoms with Crippen molar-refractivity contribution in [3.63, 3.8) is 0 Å². The molecular formula is C14H10N4O2S. The van der Waals surface area contributed by atoms with E-state index in [0.717, 1.165) is 0 Å². The fourth-order valence-electron chi connectivity index (χ4n) is 1.73. The van der Waals surface area contributed by atoms with Crippen LogP contribution in [-0.2, 0) is 10.0 Å². The van der Waals surface area contributed by atoms with E-state index in [2.05, 4.69) is 4.72 Å². The van der Waals surface area contributed by atoms with Gasteiger partial charge in [0.25, 0.3) is 10.0 Å².